The molecule has 23 heavy (non-hydrogen) atoms. The van der Waals surface area contributed by atoms with E-state index in [0.29, 0.717) is 24.1 Å². The molecule has 0 saturated carbocycles. The van der Waals surface area contributed by atoms with Crippen molar-refractivity contribution in [2.24, 2.45) is 0 Å². The van der Waals surface area contributed by atoms with Crippen LogP contribution in [0.2, 0.25) is 6.04 Å². The maximum absolute atomic E-state index is 5.89. The lowest BCUT2D eigenvalue weighted by Gasteiger charge is -2.38. The second kappa shape index (κ2) is 11.7. The molecule has 0 N–H and O–H groups in total. The van der Waals surface area contributed by atoms with Crippen LogP contribution in [0.4, 0.5) is 0 Å². The van der Waals surface area contributed by atoms with Gasteiger partial charge in [-0.15, -0.1) is 12.6 Å². The molecule has 0 bridgehead atoms. The molecule has 1 heterocycles. The van der Waals surface area contributed by atoms with Crippen molar-refractivity contribution in [3.8, 4) is 0 Å². The minimum absolute atomic E-state index is 0.586. The van der Waals surface area contributed by atoms with E-state index in [1.165, 1.54) is 0 Å². The number of hydrogen-bond acceptors (Lipinski definition) is 6. The van der Waals surface area contributed by atoms with E-state index in [9.17, 15) is 0 Å². The van der Waals surface area contributed by atoms with Crippen LogP contribution in [-0.2, 0) is 18.0 Å². The molecule has 0 aliphatic carbocycles. The normalized spacial score (nSPS) is 16.5. The molecule has 1 saturated heterocycles. The highest BCUT2D eigenvalue weighted by Crippen LogP contribution is 2.19. The summed E-state index contributed by atoms with van der Waals surface area (Å²) in [5.74, 6) is 0. The zero-order valence-corrected chi connectivity index (χ0v) is 17.2. The van der Waals surface area contributed by atoms with E-state index in [1.807, 2.05) is 25.8 Å². The van der Waals surface area contributed by atoms with Crippen molar-refractivity contribution in [2.75, 3.05) is 52.7 Å². The molecular weight excluding hydrogens is 352 g/mol. The molecule has 0 radical (unpaired) electrons. The number of hydrogen-bond donors (Lipinski definition) is 1. The first-order chi connectivity index (χ1) is 11.1. The fourth-order valence-corrected chi connectivity index (χ4v) is 5.63. The number of thiol groups is 1. The van der Waals surface area contributed by atoms with Gasteiger partial charge in [-0.1, -0.05) is 12.2 Å². The summed E-state index contributed by atoms with van der Waals surface area (Å²) in [5, 5.41) is 4.24. The van der Waals surface area contributed by atoms with Crippen molar-refractivity contribution in [2.45, 2.75) is 33.2 Å². The van der Waals surface area contributed by atoms with Gasteiger partial charge in [0.1, 0.15) is 4.32 Å². The maximum atomic E-state index is 5.89. The third kappa shape index (κ3) is 7.35. The van der Waals surface area contributed by atoms with Gasteiger partial charge in [-0.3, -0.25) is 5.01 Å². The van der Waals surface area contributed by atoms with Crippen LogP contribution in [0.5, 0.6) is 0 Å². The van der Waals surface area contributed by atoms with Crippen LogP contribution >= 0.6 is 24.8 Å². The number of hydrazine groups is 1. The third-order valence-corrected chi connectivity index (χ3v) is 7.09. The lowest BCUT2D eigenvalue weighted by atomic mass is 10.4. The largest absolute Gasteiger partial charge is 0.500 e. The summed E-state index contributed by atoms with van der Waals surface area (Å²) in [4.78, 5) is 0. The Hall–Kier alpha value is 0.257. The first-order valence-corrected chi connectivity index (χ1v) is 11.1. The van der Waals surface area contributed by atoms with Crippen molar-refractivity contribution >= 4 is 38.0 Å². The number of ether oxygens (including phenoxy) is 1. The summed E-state index contributed by atoms with van der Waals surface area (Å²) in [6.45, 7) is 11.6. The molecule has 136 valence electrons. The Kier molecular flexibility index (Phi) is 10.9. The lowest BCUT2D eigenvalue weighted by molar-refractivity contribution is -0.0476. The molecule has 0 amide bonds. The summed E-state index contributed by atoms with van der Waals surface area (Å²) in [6.07, 6.45) is 0.879. The molecule has 0 aromatic carbocycles. The van der Waals surface area contributed by atoms with Gasteiger partial charge in [-0.25, -0.2) is 5.01 Å². The Morgan fingerprint density at radius 2 is 1.65 bits per heavy atom. The number of morpholine rings is 1. The van der Waals surface area contributed by atoms with Gasteiger partial charge in [-0.2, -0.15) is 0 Å². The summed E-state index contributed by atoms with van der Waals surface area (Å²) in [6, 6.07) is 0.778. The second-order valence-corrected chi connectivity index (χ2v) is 8.90. The van der Waals surface area contributed by atoms with Gasteiger partial charge in [0.15, 0.2) is 0 Å². The summed E-state index contributed by atoms with van der Waals surface area (Å²) in [5.41, 5.74) is 0. The van der Waals surface area contributed by atoms with Gasteiger partial charge in [0.2, 0.25) is 0 Å². The van der Waals surface area contributed by atoms with Crippen molar-refractivity contribution in [1.29, 1.82) is 0 Å². The van der Waals surface area contributed by atoms with Crippen molar-refractivity contribution < 1.29 is 18.0 Å². The first kappa shape index (κ1) is 21.3. The molecule has 9 heteroatoms. The third-order valence-electron chi connectivity index (χ3n) is 3.50. The van der Waals surface area contributed by atoms with Gasteiger partial charge in [0, 0.05) is 45.5 Å². The van der Waals surface area contributed by atoms with Crippen LogP contribution in [-0.4, -0.2) is 75.8 Å². The van der Waals surface area contributed by atoms with E-state index in [2.05, 4.69) is 17.6 Å². The molecule has 6 nitrogen and oxygen atoms in total. The summed E-state index contributed by atoms with van der Waals surface area (Å²) >= 11 is 9.65. The SMILES string of the molecule is CCO[Si](CCCN(C(=S)S)N1CCOCC1)(OCC)OCC. The molecule has 1 aliphatic rings. The molecule has 1 fully saturated rings. The molecule has 0 aromatic rings. The smallest absolute Gasteiger partial charge is 0.379 e. The van der Waals surface area contributed by atoms with Gasteiger partial charge in [0.05, 0.1) is 13.2 Å². The zero-order chi connectivity index (χ0) is 17.1. The predicted molar refractivity (Wildman–Crippen MR) is 101 cm³/mol. The van der Waals surface area contributed by atoms with E-state index >= 15 is 0 Å². The van der Waals surface area contributed by atoms with E-state index in [-0.39, 0.29) is 0 Å². The molecule has 0 atom stereocenters. The predicted octanol–water partition coefficient (Wildman–Crippen LogP) is 2.19. The van der Waals surface area contributed by atoms with Crippen LogP contribution in [0.1, 0.15) is 27.2 Å². The molecule has 1 rings (SSSR count). The highest BCUT2D eigenvalue weighted by atomic mass is 32.1. The van der Waals surface area contributed by atoms with Crippen LogP contribution in [0, 0.1) is 0 Å². The second-order valence-electron chi connectivity index (χ2n) is 5.06. The van der Waals surface area contributed by atoms with E-state index < -0.39 is 8.80 Å². The lowest BCUT2D eigenvalue weighted by Crippen LogP contribution is -2.51. The Labute approximate surface area is 152 Å². The Balaban J connectivity index is 2.58. The zero-order valence-electron chi connectivity index (χ0n) is 14.5. The van der Waals surface area contributed by atoms with Crippen LogP contribution in [0.25, 0.3) is 0 Å². The quantitative estimate of drug-likeness (QED) is 0.334. The highest BCUT2D eigenvalue weighted by Gasteiger charge is 2.40. The summed E-state index contributed by atoms with van der Waals surface area (Å²) in [7, 11) is -2.58. The minimum atomic E-state index is -2.58. The van der Waals surface area contributed by atoms with Crippen molar-refractivity contribution in [3.05, 3.63) is 0 Å². The minimum Gasteiger partial charge on any atom is -0.379 e. The number of thiocarbonyl (C=S) groups is 1. The van der Waals surface area contributed by atoms with Crippen molar-refractivity contribution in [1.82, 2.24) is 10.0 Å². The van der Waals surface area contributed by atoms with Crippen LogP contribution < -0.4 is 0 Å². The van der Waals surface area contributed by atoms with Crippen molar-refractivity contribution in [3.63, 3.8) is 0 Å². The van der Waals surface area contributed by atoms with Crippen LogP contribution in [0.3, 0.4) is 0 Å². The Bertz CT molecular complexity index is 330. The maximum Gasteiger partial charge on any atom is 0.500 e. The molecule has 0 spiro atoms. The monoisotopic (exact) mass is 382 g/mol. The molecule has 0 aromatic heterocycles. The van der Waals surface area contributed by atoms with Gasteiger partial charge in [0.25, 0.3) is 0 Å². The van der Waals surface area contributed by atoms with E-state index in [1.54, 1.807) is 0 Å². The average Bonchev–Trinajstić information content (AvgIpc) is 2.53. The Morgan fingerprint density at radius 3 is 2.09 bits per heavy atom. The van der Waals surface area contributed by atoms with Gasteiger partial charge < -0.3 is 18.0 Å². The fourth-order valence-electron chi connectivity index (χ4n) is 2.60. The molecule has 1 aliphatic heterocycles. The molecule has 0 unspecified atom stereocenters. The van der Waals surface area contributed by atoms with Gasteiger partial charge in [-0.05, 0) is 27.2 Å². The highest BCUT2D eigenvalue weighted by molar-refractivity contribution is 8.10. The fraction of sp³-hybridized carbons (Fsp3) is 0.929. The summed E-state index contributed by atoms with van der Waals surface area (Å²) < 4.78 is 23.6. The average molecular weight is 383 g/mol. The first-order valence-electron chi connectivity index (χ1n) is 8.33. The van der Waals surface area contributed by atoms with E-state index in [4.69, 9.17) is 30.2 Å². The van der Waals surface area contributed by atoms with Crippen LogP contribution in [0.15, 0.2) is 0 Å². The number of rotatable bonds is 11. The Morgan fingerprint density at radius 1 is 1.13 bits per heavy atom. The molecular formula is C14H30N2O4S2Si. The van der Waals surface area contributed by atoms with Gasteiger partial charge >= 0.3 is 8.80 Å². The number of nitrogens with zero attached hydrogens (tertiary/aromatic N) is 2. The standard InChI is InChI=1S/C14H30N2O4S2Si/c1-4-18-23(19-5-2,20-6-3)13-7-8-16(14(21)22)15-9-11-17-12-10-15/h4-13H2,1-3H3,(H,21,22). The van der Waals surface area contributed by atoms with E-state index in [0.717, 1.165) is 45.3 Å². The topological polar surface area (TPSA) is 43.4 Å².